The quantitative estimate of drug-likeness (QED) is 0.739. The molecule has 0 aromatic heterocycles. The Labute approximate surface area is 135 Å². The molecule has 124 valence electrons. The van der Waals surface area contributed by atoms with Crippen LogP contribution in [0.2, 0.25) is 0 Å². The van der Waals surface area contributed by atoms with Gasteiger partial charge in [-0.05, 0) is 19.4 Å². The van der Waals surface area contributed by atoms with Gasteiger partial charge in [-0.25, -0.2) is 4.79 Å². The second kappa shape index (κ2) is 7.62. The number of benzene rings is 1. The molecule has 1 aliphatic heterocycles. The third kappa shape index (κ3) is 4.21. The molecule has 0 spiro atoms. The van der Waals surface area contributed by atoms with E-state index in [9.17, 15) is 14.4 Å². The van der Waals surface area contributed by atoms with E-state index >= 15 is 0 Å². The van der Waals surface area contributed by atoms with E-state index in [0.717, 1.165) is 16.2 Å². The number of nitrogens with one attached hydrogen (secondary N) is 2. The lowest BCUT2D eigenvalue weighted by atomic mass is 10.1. The zero-order chi connectivity index (χ0) is 16.8. The highest BCUT2D eigenvalue weighted by molar-refractivity contribution is 6.01. The molecule has 1 fully saturated rings. The molecule has 1 atom stereocenters. The third-order valence-electron chi connectivity index (χ3n) is 3.71. The van der Waals surface area contributed by atoms with Crippen LogP contribution in [0.5, 0.6) is 5.75 Å². The molecule has 0 aliphatic carbocycles. The summed E-state index contributed by atoms with van der Waals surface area (Å²) in [6.07, 6.45) is 0.681. The summed E-state index contributed by atoms with van der Waals surface area (Å²) in [4.78, 5) is 35.9. The van der Waals surface area contributed by atoms with E-state index in [4.69, 9.17) is 4.74 Å². The van der Waals surface area contributed by atoms with Gasteiger partial charge in [-0.3, -0.25) is 14.5 Å². The van der Waals surface area contributed by atoms with Crippen LogP contribution >= 0.6 is 0 Å². The minimum absolute atomic E-state index is 0.0376. The monoisotopic (exact) mass is 319 g/mol. The maximum absolute atomic E-state index is 12.0. The summed E-state index contributed by atoms with van der Waals surface area (Å²) in [6.45, 7) is 2.17. The Morgan fingerprint density at radius 1 is 1.39 bits per heavy atom. The molecule has 2 N–H and O–H groups in total. The minimum Gasteiger partial charge on any atom is -0.496 e. The van der Waals surface area contributed by atoms with Crippen molar-refractivity contribution < 1.29 is 19.1 Å². The SMILES string of the molecule is COc1ccccc1[C@@H](C)NC(=O)CCCN1C(=O)CNC1=O. The van der Waals surface area contributed by atoms with Gasteiger partial charge < -0.3 is 15.4 Å². The van der Waals surface area contributed by atoms with E-state index in [0.29, 0.717) is 6.42 Å². The van der Waals surface area contributed by atoms with Crippen LogP contribution in [0.3, 0.4) is 0 Å². The molecule has 1 saturated heterocycles. The molecule has 7 nitrogen and oxygen atoms in total. The first-order chi connectivity index (χ1) is 11.0. The zero-order valence-corrected chi connectivity index (χ0v) is 13.3. The van der Waals surface area contributed by atoms with Crippen LogP contribution in [0.1, 0.15) is 31.4 Å². The number of imide groups is 1. The lowest BCUT2D eigenvalue weighted by Crippen LogP contribution is -2.33. The van der Waals surface area contributed by atoms with Crippen LogP contribution in [0, 0.1) is 0 Å². The van der Waals surface area contributed by atoms with Gasteiger partial charge in [0.2, 0.25) is 11.8 Å². The highest BCUT2D eigenvalue weighted by Gasteiger charge is 2.27. The summed E-state index contributed by atoms with van der Waals surface area (Å²) in [6, 6.07) is 6.92. The van der Waals surface area contributed by atoms with Gasteiger partial charge >= 0.3 is 6.03 Å². The van der Waals surface area contributed by atoms with Gasteiger partial charge in [-0.2, -0.15) is 0 Å². The fraction of sp³-hybridized carbons (Fsp3) is 0.438. The van der Waals surface area contributed by atoms with Gasteiger partial charge in [0.15, 0.2) is 0 Å². The Balaban J connectivity index is 1.80. The van der Waals surface area contributed by atoms with Crippen molar-refractivity contribution in [1.82, 2.24) is 15.5 Å². The molecule has 1 aromatic rings. The van der Waals surface area contributed by atoms with E-state index in [1.165, 1.54) is 0 Å². The minimum atomic E-state index is -0.391. The lowest BCUT2D eigenvalue weighted by Gasteiger charge is -2.17. The Kier molecular flexibility index (Phi) is 5.56. The Morgan fingerprint density at radius 2 is 2.13 bits per heavy atom. The number of hydrogen-bond donors (Lipinski definition) is 2. The van der Waals surface area contributed by atoms with Crippen molar-refractivity contribution in [2.75, 3.05) is 20.2 Å². The lowest BCUT2D eigenvalue weighted by molar-refractivity contribution is -0.126. The average molecular weight is 319 g/mol. The van der Waals surface area contributed by atoms with Crippen molar-refractivity contribution in [2.24, 2.45) is 0 Å². The molecule has 0 unspecified atom stereocenters. The highest BCUT2D eigenvalue weighted by Crippen LogP contribution is 2.24. The van der Waals surface area contributed by atoms with Gasteiger partial charge in [-0.15, -0.1) is 0 Å². The zero-order valence-electron chi connectivity index (χ0n) is 13.3. The van der Waals surface area contributed by atoms with Crippen LogP contribution in [-0.2, 0) is 9.59 Å². The topological polar surface area (TPSA) is 87.7 Å². The van der Waals surface area contributed by atoms with Crippen molar-refractivity contribution in [1.29, 1.82) is 0 Å². The number of para-hydroxylation sites is 1. The predicted molar refractivity (Wildman–Crippen MR) is 83.9 cm³/mol. The number of carbonyl (C=O) groups is 3. The van der Waals surface area contributed by atoms with Crippen molar-refractivity contribution in [3.05, 3.63) is 29.8 Å². The van der Waals surface area contributed by atoms with Crippen LogP contribution in [0.25, 0.3) is 0 Å². The summed E-state index contributed by atoms with van der Waals surface area (Å²) in [7, 11) is 1.59. The van der Waals surface area contributed by atoms with E-state index in [-0.39, 0.29) is 37.4 Å². The van der Waals surface area contributed by atoms with Crippen LogP contribution in [-0.4, -0.2) is 42.9 Å². The molecule has 0 saturated carbocycles. The molecule has 23 heavy (non-hydrogen) atoms. The molecule has 4 amide bonds. The first-order valence-corrected chi connectivity index (χ1v) is 7.53. The van der Waals surface area contributed by atoms with Gasteiger partial charge in [0, 0.05) is 18.5 Å². The standard InChI is InChI=1S/C16H21N3O4/c1-11(12-6-3-4-7-13(12)23-2)18-14(20)8-5-9-19-15(21)10-17-16(19)22/h3-4,6-7,11H,5,8-10H2,1-2H3,(H,17,22)(H,18,20)/t11-/m1/s1. The van der Waals surface area contributed by atoms with E-state index < -0.39 is 6.03 Å². The molecule has 0 bridgehead atoms. The van der Waals surface area contributed by atoms with Gasteiger partial charge in [0.1, 0.15) is 5.75 Å². The van der Waals surface area contributed by atoms with Gasteiger partial charge in [-0.1, -0.05) is 18.2 Å². The second-order valence-corrected chi connectivity index (χ2v) is 5.34. The molecule has 2 rings (SSSR count). The van der Waals surface area contributed by atoms with Crippen molar-refractivity contribution in [2.45, 2.75) is 25.8 Å². The smallest absolute Gasteiger partial charge is 0.324 e. The van der Waals surface area contributed by atoms with Gasteiger partial charge in [0.25, 0.3) is 0 Å². The summed E-state index contributed by atoms with van der Waals surface area (Å²) in [5, 5.41) is 5.34. The van der Waals surface area contributed by atoms with Crippen molar-refractivity contribution >= 4 is 17.8 Å². The Hall–Kier alpha value is -2.57. The normalized spacial score (nSPS) is 15.3. The number of carbonyl (C=O) groups excluding carboxylic acids is 3. The molecular weight excluding hydrogens is 298 g/mol. The van der Waals surface area contributed by atoms with Crippen molar-refractivity contribution in [3.8, 4) is 5.75 Å². The van der Waals surface area contributed by atoms with Crippen LogP contribution in [0.15, 0.2) is 24.3 Å². The number of hydrogen-bond acceptors (Lipinski definition) is 4. The Morgan fingerprint density at radius 3 is 2.78 bits per heavy atom. The number of nitrogens with zero attached hydrogens (tertiary/aromatic N) is 1. The third-order valence-corrected chi connectivity index (χ3v) is 3.71. The number of ether oxygens (including phenoxy) is 1. The molecule has 0 radical (unpaired) electrons. The summed E-state index contributed by atoms with van der Waals surface area (Å²) < 4.78 is 5.28. The van der Waals surface area contributed by atoms with Gasteiger partial charge in [0.05, 0.1) is 19.7 Å². The number of amides is 4. The maximum Gasteiger partial charge on any atom is 0.324 e. The first kappa shape index (κ1) is 16.8. The Bertz CT molecular complexity index is 587. The fourth-order valence-corrected chi connectivity index (χ4v) is 2.49. The summed E-state index contributed by atoms with van der Waals surface area (Å²) >= 11 is 0. The average Bonchev–Trinajstić information content (AvgIpc) is 2.86. The largest absolute Gasteiger partial charge is 0.496 e. The summed E-state index contributed by atoms with van der Waals surface area (Å²) in [5.41, 5.74) is 0.900. The number of rotatable bonds is 7. The molecular formula is C16H21N3O4. The van der Waals surface area contributed by atoms with Crippen LogP contribution < -0.4 is 15.4 Å². The van der Waals surface area contributed by atoms with E-state index in [2.05, 4.69) is 10.6 Å². The second-order valence-electron chi connectivity index (χ2n) is 5.34. The van der Waals surface area contributed by atoms with Crippen molar-refractivity contribution in [3.63, 3.8) is 0 Å². The molecule has 1 aromatic carbocycles. The fourth-order valence-electron chi connectivity index (χ4n) is 2.49. The predicted octanol–water partition coefficient (Wildman–Crippen LogP) is 1.20. The van der Waals surface area contributed by atoms with E-state index in [1.807, 2.05) is 31.2 Å². The molecule has 7 heteroatoms. The highest BCUT2D eigenvalue weighted by atomic mass is 16.5. The summed E-state index contributed by atoms with van der Waals surface area (Å²) in [5.74, 6) is 0.341. The maximum atomic E-state index is 12.0. The van der Waals surface area contributed by atoms with E-state index in [1.54, 1.807) is 7.11 Å². The number of urea groups is 1. The first-order valence-electron chi connectivity index (χ1n) is 7.53. The van der Waals surface area contributed by atoms with Crippen LogP contribution in [0.4, 0.5) is 4.79 Å². The molecule has 1 heterocycles. The molecule has 1 aliphatic rings. The number of methoxy groups -OCH3 is 1.